The summed E-state index contributed by atoms with van der Waals surface area (Å²) in [6.45, 7) is 4.17. The Labute approximate surface area is 113 Å². The Kier molecular flexibility index (Phi) is 6.83. The molecule has 0 aliphatic heterocycles. The maximum atomic E-state index is 11.7. The van der Waals surface area contributed by atoms with Gasteiger partial charge in [-0.25, -0.2) is 0 Å². The highest BCUT2D eigenvalue weighted by Gasteiger charge is 2.07. The number of benzene rings is 1. The first-order valence-electron chi connectivity index (χ1n) is 6.27. The van der Waals surface area contributed by atoms with Crippen LogP contribution >= 0.6 is 11.8 Å². The molecule has 2 N–H and O–H groups in total. The van der Waals surface area contributed by atoms with Gasteiger partial charge in [0, 0.05) is 10.9 Å². The summed E-state index contributed by atoms with van der Waals surface area (Å²) in [6.07, 6.45) is 2.09. The Morgan fingerprint density at radius 2 is 2.28 bits per heavy atom. The van der Waals surface area contributed by atoms with E-state index in [1.54, 1.807) is 0 Å². The van der Waals surface area contributed by atoms with Crippen LogP contribution < -0.4 is 5.32 Å². The normalized spacial score (nSPS) is 12.2. The van der Waals surface area contributed by atoms with Crippen molar-refractivity contribution in [3.05, 3.63) is 29.8 Å². The zero-order chi connectivity index (χ0) is 13.4. The first-order chi connectivity index (χ1) is 8.65. The van der Waals surface area contributed by atoms with Gasteiger partial charge in [-0.15, -0.1) is 11.8 Å². The van der Waals surface area contributed by atoms with Gasteiger partial charge in [-0.3, -0.25) is 4.79 Å². The monoisotopic (exact) mass is 267 g/mol. The van der Waals surface area contributed by atoms with Gasteiger partial charge >= 0.3 is 0 Å². The van der Waals surface area contributed by atoms with E-state index in [0.29, 0.717) is 5.75 Å². The van der Waals surface area contributed by atoms with Crippen LogP contribution in [0.1, 0.15) is 32.3 Å². The molecular formula is C14H21NO2S. The number of thioether (sulfide) groups is 1. The molecule has 1 amide bonds. The summed E-state index contributed by atoms with van der Waals surface area (Å²) in [7, 11) is 0. The highest BCUT2D eigenvalue weighted by Crippen LogP contribution is 2.19. The fourth-order valence-electron chi connectivity index (χ4n) is 1.70. The maximum absolute atomic E-state index is 11.7. The lowest BCUT2D eigenvalue weighted by molar-refractivity contribution is -0.119. The number of carbonyl (C=O) groups is 1. The average molecular weight is 267 g/mol. The van der Waals surface area contributed by atoms with E-state index in [2.05, 4.69) is 12.2 Å². The van der Waals surface area contributed by atoms with E-state index in [1.807, 2.05) is 31.2 Å². The number of hydrogen-bond acceptors (Lipinski definition) is 3. The minimum atomic E-state index is 0.0358. The third-order valence-electron chi connectivity index (χ3n) is 2.58. The van der Waals surface area contributed by atoms with Crippen molar-refractivity contribution in [1.82, 2.24) is 5.32 Å². The van der Waals surface area contributed by atoms with Crippen LogP contribution in [-0.2, 0) is 11.4 Å². The van der Waals surface area contributed by atoms with Crippen LogP contribution in [0.2, 0.25) is 0 Å². The van der Waals surface area contributed by atoms with Gasteiger partial charge in [0.1, 0.15) is 0 Å². The number of nitrogens with one attached hydrogen (secondary N) is 1. The molecule has 0 heterocycles. The van der Waals surface area contributed by atoms with Gasteiger partial charge in [0.25, 0.3) is 0 Å². The summed E-state index contributed by atoms with van der Waals surface area (Å²) < 4.78 is 0. The van der Waals surface area contributed by atoms with E-state index in [4.69, 9.17) is 5.11 Å². The number of aliphatic hydroxyl groups is 1. The van der Waals surface area contributed by atoms with Gasteiger partial charge in [-0.05, 0) is 31.0 Å². The molecule has 0 fully saturated rings. The molecule has 4 heteroatoms. The van der Waals surface area contributed by atoms with E-state index in [0.717, 1.165) is 23.3 Å². The molecule has 0 saturated heterocycles. The summed E-state index contributed by atoms with van der Waals surface area (Å²) in [5.74, 6) is 0.485. The van der Waals surface area contributed by atoms with Crippen molar-refractivity contribution < 1.29 is 9.90 Å². The molecule has 0 bridgehead atoms. The largest absolute Gasteiger partial charge is 0.392 e. The second kappa shape index (κ2) is 8.16. The van der Waals surface area contributed by atoms with E-state index in [1.165, 1.54) is 11.8 Å². The second-order valence-corrected chi connectivity index (χ2v) is 5.40. The van der Waals surface area contributed by atoms with Crippen LogP contribution in [0, 0.1) is 0 Å². The molecule has 1 aromatic rings. The Morgan fingerprint density at radius 1 is 1.50 bits per heavy atom. The first kappa shape index (κ1) is 15.1. The summed E-state index contributed by atoms with van der Waals surface area (Å²) in [4.78, 5) is 12.7. The molecular weight excluding hydrogens is 246 g/mol. The van der Waals surface area contributed by atoms with Crippen molar-refractivity contribution in [1.29, 1.82) is 0 Å². The molecule has 1 atom stereocenters. The molecule has 0 aliphatic rings. The molecule has 0 spiro atoms. The topological polar surface area (TPSA) is 49.3 Å². The van der Waals surface area contributed by atoms with Crippen LogP contribution in [0.3, 0.4) is 0 Å². The number of amides is 1. The van der Waals surface area contributed by atoms with Gasteiger partial charge in [0.05, 0.1) is 12.4 Å². The number of rotatable bonds is 7. The lowest BCUT2D eigenvalue weighted by atomic mass is 10.2. The summed E-state index contributed by atoms with van der Waals surface area (Å²) in [6, 6.07) is 7.87. The zero-order valence-corrected chi connectivity index (χ0v) is 11.8. The lowest BCUT2D eigenvalue weighted by Crippen LogP contribution is -2.33. The van der Waals surface area contributed by atoms with Crippen molar-refractivity contribution in [3.8, 4) is 0 Å². The van der Waals surface area contributed by atoms with Crippen molar-refractivity contribution in [2.45, 2.75) is 44.2 Å². The molecule has 3 nitrogen and oxygen atoms in total. The predicted octanol–water partition coefficient (Wildman–Crippen LogP) is 2.58. The van der Waals surface area contributed by atoms with Crippen molar-refractivity contribution in [2.24, 2.45) is 0 Å². The molecule has 0 aromatic heterocycles. The Bertz CT molecular complexity index is 382. The van der Waals surface area contributed by atoms with Gasteiger partial charge < -0.3 is 10.4 Å². The van der Waals surface area contributed by atoms with Gasteiger partial charge in [-0.2, -0.15) is 0 Å². The molecule has 1 unspecified atom stereocenters. The van der Waals surface area contributed by atoms with Crippen LogP contribution in [0.5, 0.6) is 0 Å². The highest BCUT2D eigenvalue weighted by molar-refractivity contribution is 8.00. The minimum absolute atomic E-state index is 0.0358. The van der Waals surface area contributed by atoms with Crippen molar-refractivity contribution in [3.63, 3.8) is 0 Å². The fraction of sp³-hybridized carbons (Fsp3) is 0.500. The standard InChI is InChI=1S/C14H21NO2S/c1-3-5-11(2)15-14(17)10-18-13-7-4-6-12(8-13)9-16/h4,6-8,11,16H,3,5,9-10H2,1-2H3,(H,15,17). The van der Waals surface area contributed by atoms with Crippen LogP contribution in [0.15, 0.2) is 29.2 Å². The third kappa shape index (κ3) is 5.56. The lowest BCUT2D eigenvalue weighted by Gasteiger charge is -2.12. The summed E-state index contributed by atoms with van der Waals surface area (Å²) in [5, 5.41) is 12.0. The van der Waals surface area contributed by atoms with Crippen LogP contribution in [-0.4, -0.2) is 22.8 Å². The van der Waals surface area contributed by atoms with E-state index in [9.17, 15) is 4.79 Å². The van der Waals surface area contributed by atoms with Gasteiger partial charge in [0.15, 0.2) is 0 Å². The van der Waals surface area contributed by atoms with Crippen LogP contribution in [0.25, 0.3) is 0 Å². The SMILES string of the molecule is CCCC(C)NC(=O)CSc1cccc(CO)c1. The minimum Gasteiger partial charge on any atom is -0.392 e. The Hall–Kier alpha value is -1.00. The van der Waals surface area contributed by atoms with Crippen molar-refractivity contribution >= 4 is 17.7 Å². The number of carbonyl (C=O) groups excluding carboxylic acids is 1. The third-order valence-corrected chi connectivity index (χ3v) is 3.57. The Balaban J connectivity index is 2.37. The summed E-state index contributed by atoms with van der Waals surface area (Å²) in [5.41, 5.74) is 0.875. The summed E-state index contributed by atoms with van der Waals surface area (Å²) >= 11 is 1.49. The second-order valence-electron chi connectivity index (χ2n) is 4.35. The van der Waals surface area contributed by atoms with Crippen molar-refractivity contribution in [2.75, 3.05) is 5.75 Å². The molecule has 0 saturated carbocycles. The first-order valence-corrected chi connectivity index (χ1v) is 7.26. The van der Waals surface area contributed by atoms with E-state index < -0.39 is 0 Å². The van der Waals surface area contributed by atoms with Gasteiger partial charge in [0.2, 0.25) is 5.91 Å². The number of aliphatic hydroxyl groups excluding tert-OH is 1. The molecule has 100 valence electrons. The Morgan fingerprint density at radius 3 is 2.94 bits per heavy atom. The fourth-order valence-corrected chi connectivity index (χ4v) is 2.49. The van der Waals surface area contributed by atoms with E-state index >= 15 is 0 Å². The predicted molar refractivity (Wildman–Crippen MR) is 75.6 cm³/mol. The number of hydrogen-bond donors (Lipinski definition) is 2. The van der Waals surface area contributed by atoms with Gasteiger partial charge in [-0.1, -0.05) is 25.5 Å². The van der Waals surface area contributed by atoms with E-state index in [-0.39, 0.29) is 18.6 Å². The molecule has 0 radical (unpaired) electrons. The maximum Gasteiger partial charge on any atom is 0.230 e. The zero-order valence-electron chi connectivity index (χ0n) is 11.0. The molecule has 18 heavy (non-hydrogen) atoms. The van der Waals surface area contributed by atoms with Crippen LogP contribution in [0.4, 0.5) is 0 Å². The average Bonchev–Trinajstić information content (AvgIpc) is 2.37. The molecule has 1 rings (SSSR count). The quantitative estimate of drug-likeness (QED) is 0.747. The molecule has 0 aliphatic carbocycles. The smallest absolute Gasteiger partial charge is 0.230 e. The highest BCUT2D eigenvalue weighted by atomic mass is 32.2. The molecule has 1 aromatic carbocycles.